The summed E-state index contributed by atoms with van der Waals surface area (Å²) in [5.74, 6) is -2.08. The number of nitrogens with one attached hydrogen (secondary N) is 1. The molecule has 0 aliphatic carbocycles. The summed E-state index contributed by atoms with van der Waals surface area (Å²) in [6.07, 6.45) is -0.855. The highest BCUT2D eigenvalue weighted by Gasteiger charge is 2.25. The van der Waals surface area contributed by atoms with Gasteiger partial charge in [-0.2, -0.15) is 0 Å². The molecule has 0 fully saturated rings. The van der Waals surface area contributed by atoms with Gasteiger partial charge in [0, 0.05) is 23.4 Å². The first-order chi connectivity index (χ1) is 9.59. The predicted octanol–water partition coefficient (Wildman–Crippen LogP) is 4.30. The summed E-state index contributed by atoms with van der Waals surface area (Å²) in [5.41, 5.74) is 2.01. The Hall–Kier alpha value is -1.97. The van der Waals surface area contributed by atoms with Gasteiger partial charge in [-0.3, -0.25) is 0 Å². The highest BCUT2D eigenvalue weighted by Crippen LogP contribution is 2.37. The molecule has 3 rings (SSSR count). The number of aryl methyl sites for hydroxylation is 1. The summed E-state index contributed by atoms with van der Waals surface area (Å²) in [7, 11) is 0. The molecule has 1 aliphatic rings. The van der Waals surface area contributed by atoms with Gasteiger partial charge in [0.2, 0.25) is 0 Å². The van der Waals surface area contributed by atoms with Gasteiger partial charge in [-0.25, -0.2) is 13.2 Å². The van der Waals surface area contributed by atoms with E-state index in [0.29, 0.717) is 11.3 Å². The van der Waals surface area contributed by atoms with Crippen LogP contribution < -0.4 is 5.32 Å². The van der Waals surface area contributed by atoms with Crippen LogP contribution in [0.4, 0.5) is 18.9 Å². The summed E-state index contributed by atoms with van der Waals surface area (Å²) >= 11 is 0. The Bertz CT molecular complexity index is 667. The van der Waals surface area contributed by atoms with E-state index in [1.165, 1.54) is 19.1 Å². The minimum Gasteiger partial charge on any atom is -0.384 e. The van der Waals surface area contributed by atoms with Crippen LogP contribution in [-0.4, -0.2) is 6.54 Å². The lowest BCUT2D eigenvalue weighted by Crippen LogP contribution is -2.04. The first-order valence-electron chi connectivity index (χ1n) is 6.54. The smallest absolute Gasteiger partial charge is 0.165 e. The zero-order valence-electron chi connectivity index (χ0n) is 11.0. The highest BCUT2D eigenvalue weighted by atomic mass is 19.2. The largest absolute Gasteiger partial charge is 0.384 e. The number of halogens is 3. The van der Waals surface area contributed by atoms with Crippen LogP contribution in [0.1, 0.15) is 28.4 Å². The summed E-state index contributed by atoms with van der Waals surface area (Å²) in [6.45, 7) is 2.20. The van der Waals surface area contributed by atoms with E-state index in [2.05, 4.69) is 5.32 Å². The molecule has 20 heavy (non-hydrogen) atoms. The number of rotatable bonds is 2. The van der Waals surface area contributed by atoms with Crippen molar-refractivity contribution in [3.05, 3.63) is 64.2 Å². The number of fused-ring (bicyclic) bond motifs is 1. The van der Waals surface area contributed by atoms with Crippen molar-refractivity contribution in [2.24, 2.45) is 0 Å². The molecule has 2 aromatic rings. The summed E-state index contributed by atoms with van der Waals surface area (Å²) in [6, 6.07) is 7.98. The molecule has 1 N–H and O–H groups in total. The van der Waals surface area contributed by atoms with Crippen LogP contribution in [0.2, 0.25) is 0 Å². The van der Waals surface area contributed by atoms with E-state index in [1.807, 2.05) is 6.07 Å². The first kappa shape index (κ1) is 13.0. The third kappa shape index (κ3) is 1.96. The second-order valence-corrected chi connectivity index (χ2v) is 5.02. The number of alkyl halides is 1. The molecule has 4 heteroatoms. The van der Waals surface area contributed by atoms with Crippen LogP contribution in [0.3, 0.4) is 0 Å². The van der Waals surface area contributed by atoms with Crippen LogP contribution in [0.5, 0.6) is 0 Å². The van der Waals surface area contributed by atoms with Crippen molar-refractivity contribution in [2.45, 2.75) is 19.5 Å². The maximum Gasteiger partial charge on any atom is 0.165 e. The quantitative estimate of drug-likeness (QED) is 0.863. The Morgan fingerprint density at radius 3 is 2.65 bits per heavy atom. The molecule has 1 heterocycles. The van der Waals surface area contributed by atoms with Gasteiger partial charge in [-0.15, -0.1) is 0 Å². The van der Waals surface area contributed by atoms with Gasteiger partial charge in [0.25, 0.3) is 0 Å². The fraction of sp³-hybridized carbons (Fsp3) is 0.250. The molecule has 2 aromatic carbocycles. The van der Waals surface area contributed by atoms with E-state index in [4.69, 9.17) is 0 Å². The molecule has 1 atom stereocenters. The maximum absolute atomic E-state index is 14.6. The monoisotopic (exact) mass is 277 g/mol. The molecule has 0 amide bonds. The Morgan fingerprint density at radius 1 is 1.05 bits per heavy atom. The second-order valence-electron chi connectivity index (χ2n) is 5.02. The minimum absolute atomic E-state index is 0.176. The third-order valence-corrected chi connectivity index (χ3v) is 3.73. The first-order valence-corrected chi connectivity index (χ1v) is 6.54. The van der Waals surface area contributed by atoms with Crippen LogP contribution >= 0.6 is 0 Å². The maximum atomic E-state index is 14.6. The number of hydrogen-bond acceptors (Lipinski definition) is 1. The van der Waals surface area contributed by atoms with Gasteiger partial charge in [-0.1, -0.05) is 30.3 Å². The number of hydrogen-bond donors (Lipinski definition) is 1. The van der Waals surface area contributed by atoms with Gasteiger partial charge in [0.1, 0.15) is 0 Å². The molecule has 104 valence electrons. The summed E-state index contributed by atoms with van der Waals surface area (Å²) < 4.78 is 42.1. The van der Waals surface area contributed by atoms with Crippen LogP contribution in [0.15, 0.2) is 30.3 Å². The van der Waals surface area contributed by atoms with Crippen LogP contribution in [-0.2, 0) is 6.42 Å². The van der Waals surface area contributed by atoms with Gasteiger partial charge in [0.15, 0.2) is 17.8 Å². The van der Waals surface area contributed by atoms with E-state index < -0.39 is 17.8 Å². The van der Waals surface area contributed by atoms with Crippen molar-refractivity contribution in [1.29, 1.82) is 0 Å². The van der Waals surface area contributed by atoms with Crippen molar-refractivity contribution in [3.8, 4) is 0 Å². The Balaban J connectivity index is 2.08. The molecule has 0 saturated carbocycles. The highest BCUT2D eigenvalue weighted by molar-refractivity contribution is 5.63. The van der Waals surface area contributed by atoms with Crippen molar-refractivity contribution in [1.82, 2.24) is 0 Å². The van der Waals surface area contributed by atoms with Gasteiger partial charge >= 0.3 is 0 Å². The number of anilines is 1. The van der Waals surface area contributed by atoms with Crippen LogP contribution in [0.25, 0.3) is 0 Å². The van der Waals surface area contributed by atoms with E-state index in [0.717, 1.165) is 18.5 Å². The normalized spacial score (nSPS) is 14.8. The number of para-hydroxylation sites is 1. The minimum atomic E-state index is -1.68. The van der Waals surface area contributed by atoms with Crippen molar-refractivity contribution >= 4 is 5.69 Å². The van der Waals surface area contributed by atoms with Crippen molar-refractivity contribution in [3.63, 3.8) is 0 Å². The van der Waals surface area contributed by atoms with E-state index >= 15 is 0 Å². The second kappa shape index (κ2) is 4.85. The molecule has 0 saturated heterocycles. The molecule has 0 radical (unpaired) electrons. The van der Waals surface area contributed by atoms with Crippen molar-refractivity contribution in [2.75, 3.05) is 11.9 Å². The molecule has 1 unspecified atom stereocenters. The summed E-state index contributed by atoms with van der Waals surface area (Å²) in [4.78, 5) is 0. The third-order valence-electron chi connectivity index (χ3n) is 3.73. The van der Waals surface area contributed by atoms with E-state index in [-0.39, 0.29) is 11.1 Å². The Kier molecular flexibility index (Phi) is 3.16. The lowest BCUT2D eigenvalue weighted by molar-refractivity contribution is 0.378. The lowest BCUT2D eigenvalue weighted by atomic mass is 9.97. The zero-order valence-corrected chi connectivity index (χ0v) is 11.0. The number of benzene rings is 2. The summed E-state index contributed by atoms with van der Waals surface area (Å²) in [5, 5.41) is 3.11. The average molecular weight is 277 g/mol. The van der Waals surface area contributed by atoms with Crippen molar-refractivity contribution < 1.29 is 13.2 Å². The Morgan fingerprint density at radius 2 is 1.85 bits per heavy atom. The molecular formula is C16H14F3N. The topological polar surface area (TPSA) is 12.0 Å². The SMILES string of the molecule is Cc1ccc(C(F)c2cccc3c2NCC3)c(F)c1F. The molecular weight excluding hydrogens is 263 g/mol. The van der Waals surface area contributed by atoms with E-state index in [1.54, 1.807) is 12.1 Å². The molecule has 1 aliphatic heterocycles. The Labute approximate surface area is 115 Å². The standard InChI is InChI=1S/C16H14F3N/c1-9-5-6-11(15(19)13(9)17)14(18)12-4-2-3-10-7-8-20-16(10)12/h2-6,14,20H,7-8H2,1H3. The molecule has 0 bridgehead atoms. The fourth-order valence-corrected chi connectivity index (χ4v) is 2.60. The molecule has 1 nitrogen and oxygen atoms in total. The molecule has 0 aromatic heterocycles. The van der Waals surface area contributed by atoms with E-state index in [9.17, 15) is 13.2 Å². The van der Waals surface area contributed by atoms with Crippen LogP contribution in [0, 0.1) is 18.6 Å². The van der Waals surface area contributed by atoms with Gasteiger partial charge < -0.3 is 5.32 Å². The average Bonchev–Trinajstić information content (AvgIpc) is 2.92. The lowest BCUT2D eigenvalue weighted by Gasteiger charge is -2.15. The van der Waals surface area contributed by atoms with Gasteiger partial charge in [0.05, 0.1) is 0 Å². The predicted molar refractivity (Wildman–Crippen MR) is 72.7 cm³/mol. The molecule has 0 spiro atoms. The van der Waals surface area contributed by atoms with Gasteiger partial charge in [-0.05, 0) is 24.5 Å². The fourth-order valence-electron chi connectivity index (χ4n) is 2.60. The zero-order chi connectivity index (χ0) is 14.3.